The highest BCUT2D eigenvalue weighted by atomic mass is 19.1. The molecular formula is C20H23F3N6. The van der Waals surface area contributed by atoms with Gasteiger partial charge in [0.1, 0.15) is 23.6 Å². The molecule has 1 aliphatic heterocycles. The first-order chi connectivity index (χ1) is 14.0. The fourth-order valence-electron chi connectivity index (χ4n) is 3.37. The van der Waals surface area contributed by atoms with Crippen LogP contribution < -0.4 is 10.2 Å². The Kier molecular flexibility index (Phi) is 5.39. The number of likely N-dealkylation sites (N-methyl/N-ethyl adjacent to an activating group) is 1. The molecule has 1 aliphatic rings. The molecule has 1 saturated heterocycles. The Balaban J connectivity index is 0.00000256. The lowest BCUT2D eigenvalue weighted by Gasteiger charge is -2.23. The fraction of sp³-hybridized carbons (Fsp3) is 0.300. The first-order valence-electron chi connectivity index (χ1n) is 9.36. The summed E-state index contributed by atoms with van der Waals surface area (Å²) in [5.41, 5.74) is 1.35. The molecule has 9 heteroatoms. The number of nitrogens with zero attached hydrogens (tertiary/aromatic N) is 5. The van der Waals surface area contributed by atoms with E-state index >= 15 is 0 Å². The molecule has 0 aliphatic carbocycles. The minimum absolute atomic E-state index is 0. The van der Waals surface area contributed by atoms with E-state index in [0.717, 1.165) is 50.4 Å². The fourth-order valence-corrected chi connectivity index (χ4v) is 3.37. The highest BCUT2D eigenvalue weighted by Crippen LogP contribution is 2.25. The first-order valence-corrected chi connectivity index (χ1v) is 9.36. The molecule has 0 saturated carbocycles. The summed E-state index contributed by atoms with van der Waals surface area (Å²) in [6, 6.07) is 7.91. The van der Waals surface area contributed by atoms with Gasteiger partial charge in [-0.05, 0) is 50.3 Å². The van der Waals surface area contributed by atoms with Crippen molar-refractivity contribution in [1.29, 1.82) is 0 Å². The van der Waals surface area contributed by atoms with Crippen molar-refractivity contribution in [1.82, 2.24) is 19.7 Å². The third-order valence-corrected chi connectivity index (χ3v) is 4.87. The molecule has 3 aromatic rings. The molecule has 6 nitrogen and oxygen atoms in total. The van der Waals surface area contributed by atoms with Gasteiger partial charge in [-0.2, -0.15) is 4.98 Å². The predicted molar refractivity (Wildman–Crippen MR) is 107 cm³/mol. The summed E-state index contributed by atoms with van der Waals surface area (Å²) in [6.07, 6.45) is 2.31. The summed E-state index contributed by atoms with van der Waals surface area (Å²) >= 11 is 0. The maximum Gasteiger partial charge on any atom is 0.246 e. The van der Waals surface area contributed by atoms with Crippen molar-refractivity contribution < 1.29 is 14.6 Å². The number of benzene rings is 2. The van der Waals surface area contributed by atoms with Crippen molar-refractivity contribution in [3.8, 4) is 5.69 Å². The Bertz CT molecular complexity index is 1010. The summed E-state index contributed by atoms with van der Waals surface area (Å²) in [4.78, 5) is 8.49. The lowest BCUT2D eigenvalue weighted by Crippen LogP contribution is -2.28. The Morgan fingerprint density at radius 1 is 0.966 bits per heavy atom. The minimum atomic E-state index is -0.749. The van der Waals surface area contributed by atoms with Crippen molar-refractivity contribution in [3.63, 3.8) is 0 Å². The Morgan fingerprint density at radius 2 is 1.83 bits per heavy atom. The topological polar surface area (TPSA) is 49.2 Å². The van der Waals surface area contributed by atoms with Gasteiger partial charge in [0.15, 0.2) is 5.82 Å². The van der Waals surface area contributed by atoms with Gasteiger partial charge in [-0.25, -0.2) is 17.9 Å². The van der Waals surface area contributed by atoms with Crippen molar-refractivity contribution >= 4 is 17.3 Å². The van der Waals surface area contributed by atoms with Crippen LogP contribution in [-0.4, -0.2) is 52.9 Å². The number of anilines is 3. The summed E-state index contributed by atoms with van der Waals surface area (Å²) in [7, 11) is 2.08. The Morgan fingerprint density at radius 3 is 2.66 bits per heavy atom. The molecule has 2 heterocycles. The number of rotatable bonds is 4. The van der Waals surface area contributed by atoms with Crippen molar-refractivity contribution in [2.24, 2.45) is 0 Å². The zero-order valence-corrected chi connectivity index (χ0v) is 15.9. The maximum absolute atomic E-state index is 14.2. The molecule has 0 amide bonds. The van der Waals surface area contributed by atoms with Gasteiger partial charge in [-0.15, -0.1) is 5.10 Å². The van der Waals surface area contributed by atoms with E-state index in [0.29, 0.717) is 5.69 Å². The third-order valence-electron chi connectivity index (χ3n) is 4.87. The molecule has 1 fully saturated rings. The number of hydrogen-bond donors (Lipinski definition) is 1. The normalized spacial score (nSPS) is 15.4. The Hall–Kier alpha value is -3.07. The molecule has 0 radical (unpaired) electrons. The SMILES string of the molecule is CN1CCCN(c2cc(F)cc(Nc3ncn(-c4ccc(F)cc4F)n3)c2)CC1.[HH]. The number of aromatic nitrogens is 3. The second-order valence-electron chi connectivity index (χ2n) is 7.08. The molecular weight excluding hydrogens is 381 g/mol. The van der Waals surface area contributed by atoms with E-state index in [-0.39, 0.29) is 18.9 Å². The second kappa shape index (κ2) is 8.12. The van der Waals surface area contributed by atoms with Gasteiger partial charge in [-0.1, -0.05) is 0 Å². The first kappa shape index (κ1) is 19.3. The van der Waals surface area contributed by atoms with E-state index < -0.39 is 11.6 Å². The summed E-state index contributed by atoms with van der Waals surface area (Å²) < 4.78 is 42.4. The van der Waals surface area contributed by atoms with Gasteiger partial charge >= 0.3 is 0 Å². The van der Waals surface area contributed by atoms with Crippen LogP contribution in [0.1, 0.15) is 7.85 Å². The summed E-state index contributed by atoms with van der Waals surface area (Å²) in [6.45, 7) is 3.59. The van der Waals surface area contributed by atoms with Crippen LogP contribution in [0.2, 0.25) is 0 Å². The number of halogens is 3. The highest BCUT2D eigenvalue weighted by molar-refractivity contribution is 5.62. The predicted octanol–water partition coefficient (Wildman–Crippen LogP) is 3.82. The molecule has 4 rings (SSSR count). The van der Waals surface area contributed by atoms with E-state index in [2.05, 4.69) is 32.2 Å². The van der Waals surface area contributed by atoms with Crippen LogP contribution in [0.3, 0.4) is 0 Å². The lowest BCUT2D eigenvalue weighted by atomic mass is 10.2. The lowest BCUT2D eigenvalue weighted by molar-refractivity contribution is 0.360. The van der Waals surface area contributed by atoms with Crippen LogP contribution in [0.25, 0.3) is 5.69 Å². The molecule has 0 spiro atoms. The molecule has 29 heavy (non-hydrogen) atoms. The second-order valence-corrected chi connectivity index (χ2v) is 7.08. The van der Waals surface area contributed by atoms with Crippen LogP contribution in [0.4, 0.5) is 30.5 Å². The summed E-state index contributed by atoms with van der Waals surface area (Å²) in [5, 5.41) is 7.11. The number of nitrogens with one attached hydrogen (secondary N) is 1. The standard InChI is InChI=1S/C20H21F3N6.H2/c1-27-5-2-6-28(8-7-27)17-10-15(22)9-16(12-17)25-20-24-13-29(26-20)19-4-3-14(21)11-18(19)23;/h3-4,9-13H,2,5-8H2,1H3,(H,25,26);1H. The number of hydrogen-bond acceptors (Lipinski definition) is 5. The van der Waals surface area contributed by atoms with Crippen molar-refractivity contribution in [2.45, 2.75) is 6.42 Å². The van der Waals surface area contributed by atoms with Crippen LogP contribution >= 0.6 is 0 Å². The zero-order chi connectivity index (χ0) is 20.4. The van der Waals surface area contributed by atoms with Crippen LogP contribution in [0.5, 0.6) is 0 Å². The largest absolute Gasteiger partial charge is 0.370 e. The monoisotopic (exact) mass is 404 g/mol. The van der Waals surface area contributed by atoms with Gasteiger partial charge in [0, 0.05) is 38.5 Å². The Labute approximate surface area is 168 Å². The molecule has 0 atom stereocenters. The molecule has 0 bridgehead atoms. The summed E-state index contributed by atoms with van der Waals surface area (Å²) in [5.74, 6) is -1.61. The van der Waals surface area contributed by atoms with Crippen molar-refractivity contribution in [3.05, 3.63) is 60.2 Å². The quantitative estimate of drug-likeness (QED) is 0.717. The maximum atomic E-state index is 14.2. The van der Waals surface area contributed by atoms with E-state index in [1.165, 1.54) is 29.2 Å². The molecule has 154 valence electrons. The molecule has 0 unspecified atom stereocenters. The minimum Gasteiger partial charge on any atom is -0.370 e. The van der Waals surface area contributed by atoms with Crippen LogP contribution in [0.15, 0.2) is 42.7 Å². The molecule has 1 N–H and O–H groups in total. The van der Waals surface area contributed by atoms with Crippen LogP contribution in [0, 0.1) is 17.5 Å². The molecule has 2 aromatic carbocycles. The van der Waals surface area contributed by atoms with Gasteiger partial charge in [0.05, 0.1) is 0 Å². The highest BCUT2D eigenvalue weighted by Gasteiger charge is 2.15. The van der Waals surface area contributed by atoms with Gasteiger partial charge in [-0.3, -0.25) is 0 Å². The zero-order valence-electron chi connectivity index (χ0n) is 15.9. The average molecular weight is 404 g/mol. The van der Waals surface area contributed by atoms with Gasteiger partial charge in [0.25, 0.3) is 0 Å². The molecule has 1 aromatic heterocycles. The van der Waals surface area contributed by atoms with E-state index in [4.69, 9.17) is 0 Å². The third kappa shape index (κ3) is 4.51. The van der Waals surface area contributed by atoms with E-state index in [1.54, 1.807) is 0 Å². The van der Waals surface area contributed by atoms with E-state index in [9.17, 15) is 13.2 Å². The smallest absolute Gasteiger partial charge is 0.246 e. The van der Waals surface area contributed by atoms with E-state index in [1.807, 2.05) is 6.07 Å². The van der Waals surface area contributed by atoms with Gasteiger partial charge < -0.3 is 15.1 Å². The average Bonchev–Trinajstić information content (AvgIpc) is 3.00. The van der Waals surface area contributed by atoms with Gasteiger partial charge in [0.2, 0.25) is 5.95 Å². The van der Waals surface area contributed by atoms with Crippen molar-refractivity contribution in [2.75, 3.05) is 43.4 Å². The van der Waals surface area contributed by atoms with Crippen LogP contribution in [-0.2, 0) is 0 Å².